The van der Waals surface area contributed by atoms with E-state index in [1.807, 2.05) is 30.3 Å². The standard InChI is InChI=1S/C15H14O4S/c1-10(16)9-19-12-8-13(11-6-4-3-5-7-11)20-14(12)15(17)18-2/h3-8H,9H2,1-2H3. The van der Waals surface area contributed by atoms with E-state index in [1.54, 1.807) is 6.07 Å². The molecule has 0 aliphatic carbocycles. The summed E-state index contributed by atoms with van der Waals surface area (Å²) in [5.41, 5.74) is 0.986. The van der Waals surface area contributed by atoms with E-state index in [-0.39, 0.29) is 12.4 Å². The van der Waals surface area contributed by atoms with Crippen LogP contribution in [0.25, 0.3) is 10.4 Å². The third-order valence-electron chi connectivity index (χ3n) is 2.56. The molecule has 2 aromatic rings. The number of methoxy groups -OCH3 is 1. The SMILES string of the molecule is COC(=O)c1sc(-c2ccccc2)cc1OCC(C)=O. The largest absolute Gasteiger partial charge is 0.484 e. The molecule has 0 spiro atoms. The number of carbonyl (C=O) groups is 2. The van der Waals surface area contributed by atoms with Gasteiger partial charge in [0.1, 0.15) is 12.4 Å². The third kappa shape index (κ3) is 3.24. The van der Waals surface area contributed by atoms with Crippen molar-refractivity contribution < 1.29 is 19.1 Å². The summed E-state index contributed by atoms with van der Waals surface area (Å²) in [6.07, 6.45) is 0. The average Bonchev–Trinajstić information content (AvgIpc) is 2.89. The first-order valence-electron chi connectivity index (χ1n) is 6.01. The summed E-state index contributed by atoms with van der Waals surface area (Å²) in [5.74, 6) is -0.181. The number of carbonyl (C=O) groups excluding carboxylic acids is 2. The van der Waals surface area contributed by atoms with Crippen molar-refractivity contribution >= 4 is 23.1 Å². The summed E-state index contributed by atoms with van der Waals surface area (Å²) in [7, 11) is 1.32. The zero-order valence-electron chi connectivity index (χ0n) is 11.2. The van der Waals surface area contributed by atoms with Gasteiger partial charge in [0.05, 0.1) is 7.11 Å². The van der Waals surface area contributed by atoms with Crippen LogP contribution in [0.15, 0.2) is 36.4 Å². The Morgan fingerprint density at radius 3 is 2.50 bits per heavy atom. The molecule has 4 nitrogen and oxygen atoms in total. The molecule has 0 fully saturated rings. The van der Waals surface area contributed by atoms with Crippen LogP contribution in [-0.4, -0.2) is 25.5 Å². The second kappa shape index (κ2) is 6.34. The first-order chi connectivity index (χ1) is 9.61. The lowest BCUT2D eigenvalue weighted by molar-refractivity contribution is -0.118. The van der Waals surface area contributed by atoms with Gasteiger partial charge in [-0.2, -0.15) is 0 Å². The summed E-state index contributed by atoms with van der Waals surface area (Å²) >= 11 is 1.29. The molecule has 0 unspecified atom stereocenters. The Morgan fingerprint density at radius 1 is 1.20 bits per heavy atom. The number of hydrogen-bond donors (Lipinski definition) is 0. The van der Waals surface area contributed by atoms with Crippen LogP contribution in [0.5, 0.6) is 5.75 Å². The molecule has 0 aliphatic rings. The number of esters is 1. The van der Waals surface area contributed by atoms with Crippen molar-refractivity contribution in [2.75, 3.05) is 13.7 Å². The number of ether oxygens (including phenoxy) is 2. The minimum absolute atomic E-state index is 0.0606. The third-order valence-corrected chi connectivity index (χ3v) is 3.70. The highest BCUT2D eigenvalue weighted by atomic mass is 32.1. The second-order valence-electron chi connectivity index (χ2n) is 4.15. The number of rotatable bonds is 5. The molecule has 1 heterocycles. The molecule has 0 bridgehead atoms. The number of ketones is 1. The Morgan fingerprint density at radius 2 is 1.90 bits per heavy atom. The molecule has 1 aromatic heterocycles. The summed E-state index contributed by atoms with van der Waals surface area (Å²) in [6, 6.07) is 11.4. The van der Waals surface area contributed by atoms with Crippen LogP contribution in [0, 0.1) is 0 Å². The normalized spacial score (nSPS) is 10.1. The average molecular weight is 290 g/mol. The van der Waals surface area contributed by atoms with Gasteiger partial charge in [-0.3, -0.25) is 4.79 Å². The van der Waals surface area contributed by atoms with Crippen LogP contribution in [0.3, 0.4) is 0 Å². The Kier molecular flexibility index (Phi) is 4.53. The van der Waals surface area contributed by atoms with Gasteiger partial charge in [0, 0.05) is 4.88 Å². The molecule has 0 atom stereocenters. The maximum Gasteiger partial charge on any atom is 0.351 e. The van der Waals surface area contributed by atoms with E-state index in [0.717, 1.165) is 10.4 Å². The molecule has 2 rings (SSSR count). The van der Waals surface area contributed by atoms with Crippen LogP contribution in [-0.2, 0) is 9.53 Å². The lowest BCUT2D eigenvalue weighted by atomic mass is 10.2. The first kappa shape index (κ1) is 14.3. The number of hydrogen-bond acceptors (Lipinski definition) is 5. The molecule has 5 heteroatoms. The van der Waals surface area contributed by atoms with Gasteiger partial charge < -0.3 is 9.47 Å². The highest BCUT2D eigenvalue weighted by Crippen LogP contribution is 2.36. The summed E-state index contributed by atoms with van der Waals surface area (Å²) in [5, 5.41) is 0. The molecule has 0 N–H and O–H groups in total. The molecule has 0 radical (unpaired) electrons. The van der Waals surface area contributed by atoms with E-state index in [4.69, 9.17) is 9.47 Å². The van der Waals surface area contributed by atoms with E-state index in [9.17, 15) is 9.59 Å². The van der Waals surface area contributed by atoms with Crippen molar-refractivity contribution in [1.29, 1.82) is 0 Å². The maximum absolute atomic E-state index is 11.7. The highest BCUT2D eigenvalue weighted by molar-refractivity contribution is 7.17. The predicted molar refractivity (Wildman–Crippen MR) is 77.3 cm³/mol. The van der Waals surface area contributed by atoms with Crippen molar-refractivity contribution in [3.05, 3.63) is 41.3 Å². The Bertz CT molecular complexity index is 616. The number of Topliss-reactive ketones (excluding diaryl/α,β-unsaturated/α-hetero) is 1. The van der Waals surface area contributed by atoms with Crippen LogP contribution in [0.1, 0.15) is 16.6 Å². The monoisotopic (exact) mass is 290 g/mol. The van der Waals surface area contributed by atoms with Crippen LogP contribution in [0.2, 0.25) is 0 Å². The van der Waals surface area contributed by atoms with Crippen molar-refractivity contribution in [2.24, 2.45) is 0 Å². The van der Waals surface area contributed by atoms with E-state index >= 15 is 0 Å². The molecule has 0 saturated carbocycles. The van der Waals surface area contributed by atoms with Crippen LogP contribution >= 0.6 is 11.3 Å². The summed E-state index contributed by atoms with van der Waals surface area (Å²) in [4.78, 5) is 24.0. The fourth-order valence-corrected chi connectivity index (χ4v) is 2.67. The molecular formula is C15H14O4S. The quantitative estimate of drug-likeness (QED) is 0.794. The number of benzene rings is 1. The molecule has 20 heavy (non-hydrogen) atoms. The minimum Gasteiger partial charge on any atom is -0.484 e. The smallest absolute Gasteiger partial charge is 0.351 e. The fraction of sp³-hybridized carbons (Fsp3) is 0.200. The van der Waals surface area contributed by atoms with E-state index in [0.29, 0.717) is 10.6 Å². The fourth-order valence-electron chi connectivity index (χ4n) is 1.64. The lowest BCUT2D eigenvalue weighted by Crippen LogP contribution is -2.08. The zero-order chi connectivity index (χ0) is 14.5. The Labute approximate surface area is 121 Å². The lowest BCUT2D eigenvalue weighted by Gasteiger charge is -2.03. The topological polar surface area (TPSA) is 52.6 Å². The van der Waals surface area contributed by atoms with Gasteiger partial charge in [-0.05, 0) is 18.6 Å². The molecular weight excluding hydrogens is 276 g/mol. The van der Waals surface area contributed by atoms with Gasteiger partial charge in [-0.15, -0.1) is 11.3 Å². The zero-order valence-corrected chi connectivity index (χ0v) is 12.0. The minimum atomic E-state index is -0.462. The Balaban J connectivity index is 2.36. The maximum atomic E-state index is 11.7. The van der Waals surface area contributed by atoms with Crippen LogP contribution < -0.4 is 4.74 Å². The molecule has 0 amide bonds. The van der Waals surface area contributed by atoms with E-state index in [2.05, 4.69) is 0 Å². The Hall–Kier alpha value is -2.14. The van der Waals surface area contributed by atoms with E-state index in [1.165, 1.54) is 25.4 Å². The van der Waals surface area contributed by atoms with Crippen LogP contribution in [0.4, 0.5) is 0 Å². The van der Waals surface area contributed by atoms with Gasteiger partial charge >= 0.3 is 5.97 Å². The van der Waals surface area contributed by atoms with Gasteiger partial charge in [0.25, 0.3) is 0 Å². The van der Waals surface area contributed by atoms with Crippen molar-refractivity contribution in [3.63, 3.8) is 0 Å². The second-order valence-corrected chi connectivity index (χ2v) is 5.20. The number of thiophene rings is 1. The van der Waals surface area contributed by atoms with Crippen molar-refractivity contribution in [2.45, 2.75) is 6.92 Å². The van der Waals surface area contributed by atoms with Crippen molar-refractivity contribution in [3.8, 4) is 16.2 Å². The predicted octanol–water partition coefficient (Wildman–Crippen LogP) is 3.17. The summed E-state index contributed by atoms with van der Waals surface area (Å²) in [6.45, 7) is 1.37. The van der Waals surface area contributed by atoms with Gasteiger partial charge in [0.15, 0.2) is 10.7 Å². The first-order valence-corrected chi connectivity index (χ1v) is 6.83. The van der Waals surface area contributed by atoms with E-state index < -0.39 is 5.97 Å². The van der Waals surface area contributed by atoms with Gasteiger partial charge in [-0.25, -0.2) is 4.79 Å². The molecule has 0 saturated heterocycles. The van der Waals surface area contributed by atoms with Gasteiger partial charge in [0.2, 0.25) is 0 Å². The highest BCUT2D eigenvalue weighted by Gasteiger charge is 2.19. The summed E-state index contributed by atoms with van der Waals surface area (Å²) < 4.78 is 10.1. The molecule has 0 aliphatic heterocycles. The van der Waals surface area contributed by atoms with Crippen molar-refractivity contribution in [1.82, 2.24) is 0 Å². The molecule has 104 valence electrons. The van der Waals surface area contributed by atoms with Gasteiger partial charge in [-0.1, -0.05) is 30.3 Å². The molecule has 1 aromatic carbocycles.